The van der Waals surface area contributed by atoms with Crippen LogP contribution in [0.1, 0.15) is 0 Å². The third-order valence-electron chi connectivity index (χ3n) is 2.42. The summed E-state index contributed by atoms with van der Waals surface area (Å²) in [5.41, 5.74) is 0. The van der Waals surface area contributed by atoms with Gasteiger partial charge in [-0.1, -0.05) is 0 Å². The normalized spacial score (nSPS) is 36.3. The number of hydrogen-bond donors (Lipinski definition) is 1. The average molecular weight is 141 g/mol. The van der Waals surface area contributed by atoms with E-state index in [0.29, 0.717) is 0 Å². The first-order valence-electron chi connectivity index (χ1n) is 3.99. The van der Waals surface area contributed by atoms with Crippen LogP contribution in [0.25, 0.3) is 0 Å². The molecule has 2 aliphatic heterocycles. The predicted molar refractivity (Wildman–Crippen MR) is 40.9 cm³/mol. The summed E-state index contributed by atoms with van der Waals surface area (Å²) in [7, 11) is 2.19. The summed E-state index contributed by atoms with van der Waals surface area (Å²) >= 11 is 0. The number of nitrogens with zero attached hydrogens (tertiary/aromatic N) is 2. The molecule has 2 saturated heterocycles. The third-order valence-corrected chi connectivity index (χ3v) is 2.42. The summed E-state index contributed by atoms with van der Waals surface area (Å²) in [4.78, 5) is 4.94. The lowest BCUT2D eigenvalue weighted by atomic mass is 10.2. The lowest BCUT2D eigenvalue weighted by Crippen LogP contribution is -2.48. The number of likely N-dealkylation sites (N-methyl/N-ethyl adjacent to an activating group) is 1. The topological polar surface area (TPSA) is 18.5 Å². The van der Waals surface area contributed by atoms with Crippen LogP contribution in [0, 0.1) is 0 Å². The minimum atomic E-state index is 0.791. The number of nitrogens with one attached hydrogen (secondary N) is 1. The molecular weight excluding hydrogens is 126 g/mol. The van der Waals surface area contributed by atoms with E-state index in [2.05, 4.69) is 22.2 Å². The first kappa shape index (κ1) is 6.58. The van der Waals surface area contributed by atoms with Crippen LogP contribution < -0.4 is 5.32 Å². The summed E-state index contributed by atoms with van der Waals surface area (Å²) in [6.45, 7) is 6.00. The smallest absolute Gasteiger partial charge is 0.0508 e. The van der Waals surface area contributed by atoms with Gasteiger partial charge in [0.1, 0.15) is 0 Å². The molecule has 3 heteroatoms. The molecule has 58 valence electrons. The van der Waals surface area contributed by atoms with Crippen molar-refractivity contribution in [3.8, 4) is 0 Å². The number of rotatable bonds is 0. The largest absolute Gasteiger partial charge is 0.314 e. The molecule has 2 aliphatic rings. The SMILES string of the molecule is CN1CC2CNCCN2C1. The number of piperazine rings is 1. The molecule has 10 heavy (non-hydrogen) atoms. The van der Waals surface area contributed by atoms with Crippen molar-refractivity contribution in [2.24, 2.45) is 0 Å². The molecule has 1 unspecified atom stereocenters. The van der Waals surface area contributed by atoms with Crippen LogP contribution in [0.15, 0.2) is 0 Å². The molecule has 0 bridgehead atoms. The first-order chi connectivity index (χ1) is 4.86. The lowest BCUT2D eigenvalue weighted by Gasteiger charge is -2.28. The molecule has 0 aliphatic carbocycles. The molecule has 0 spiro atoms. The average Bonchev–Trinajstić information content (AvgIpc) is 2.27. The van der Waals surface area contributed by atoms with Crippen LogP contribution in [0.5, 0.6) is 0 Å². The van der Waals surface area contributed by atoms with E-state index in [1.54, 1.807) is 0 Å². The predicted octanol–water partition coefficient (Wildman–Crippen LogP) is -0.837. The van der Waals surface area contributed by atoms with Crippen LogP contribution in [0.4, 0.5) is 0 Å². The van der Waals surface area contributed by atoms with E-state index in [1.807, 2.05) is 0 Å². The van der Waals surface area contributed by atoms with Gasteiger partial charge in [0.2, 0.25) is 0 Å². The van der Waals surface area contributed by atoms with Crippen LogP contribution in [0.3, 0.4) is 0 Å². The fourth-order valence-corrected chi connectivity index (χ4v) is 1.90. The molecule has 3 nitrogen and oxygen atoms in total. The molecule has 1 atom stereocenters. The van der Waals surface area contributed by atoms with Crippen molar-refractivity contribution >= 4 is 0 Å². The zero-order chi connectivity index (χ0) is 6.97. The molecule has 0 saturated carbocycles. The Balaban J connectivity index is 1.97. The third kappa shape index (κ3) is 1.05. The minimum Gasteiger partial charge on any atom is -0.314 e. The van der Waals surface area contributed by atoms with E-state index in [-0.39, 0.29) is 0 Å². The summed E-state index contributed by atoms with van der Waals surface area (Å²) in [5.74, 6) is 0. The molecule has 1 N–H and O–H groups in total. The highest BCUT2D eigenvalue weighted by Crippen LogP contribution is 2.11. The van der Waals surface area contributed by atoms with Crippen LogP contribution in [-0.2, 0) is 0 Å². The Morgan fingerprint density at radius 3 is 3.20 bits per heavy atom. The lowest BCUT2D eigenvalue weighted by molar-refractivity contribution is 0.203. The zero-order valence-corrected chi connectivity index (χ0v) is 6.51. The van der Waals surface area contributed by atoms with Crippen molar-refractivity contribution in [2.75, 3.05) is 39.9 Å². The highest BCUT2D eigenvalue weighted by Gasteiger charge is 2.29. The Morgan fingerprint density at radius 1 is 1.50 bits per heavy atom. The molecule has 0 aromatic rings. The quantitative estimate of drug-likeness (QED) is 0.475. The zero-order valence-electron chi connectivity index (χ0n) is 6.51. The van der Waals surface area contributed by atoms with Crippen molar-refractivity contribution in [3.63, 3.8) is 0 Å². The molecule has 2 fully saturated rings. The van der Waals surface area contributed by atoms with Crippen molar-refractivity contribution < 1.29 is 0 Å². The molecule has 2 heterocycles. The van der Waals surface area contributed by atoms with Crippen LogP contribution >= 0.6 is 0 Å². The highest BCUT2D eigenvalue weighted by atomic mass is 15.4. The van der Waals surface area contributed by atoms with Gasteiger partial charge in [0, 0.05) is 32.2 Å². The fraction of sp³-hybridized carbons (Fsp3) is 1.00. The van der Waals surface area contributed by atoms with Gasteiger partial charge < -0.3 is 5.32 Å². The summed E-state index contributed by atoms with van der Waals surface area (Å²) < 4.78 is 0. The monoisotopic (exact) mass is 141 g/mol. The Kier molecular flexibility index (Phi) is 1.64. The van der Waals surface area contributed by atoms with Gasteiger partial charge in [0.25, 0.3) is 0 Å². The number of hydrogen-bond acceptors (Lipinski definition) is 3. The maximum Gasteiger partial charge on any atom is 0.0508 e. The van der Waals surface area contributed by atoms with Gasteiger partial charge in [-0.2, -0.15) is 0 Å². The standard InChI is InChI=1S/C7H15N3/c1-9-5-7-4-8-2-3-10(7)6-9/h7-8H,2-6H2,1H3. The van der Waals surface area contributed by atoms with E-state index < -0.39 is 0 Å². The van der Waals surface area contributed by atoms with Gasteiger partial charge in [-0.05, 0) is 7.05 Å². The van der Waals surface area contributed by atoms with E-state index in [1.165, 1.54) is 32.8 Å². The summed E-state index contributed by atoms with van der Waals surface area (Å²) in [5, 5.41) is 3.41. The Bertz CT molecular complexity index is 112. The fourth-order valence-electron chi connectivity index (χ4n) is 1.90. The van der Waals surface area contributed by atoms with E-state index in [9.17, 15) is 0 Å². The summed E-state index contributed by atoms with van der Waals surface area (Å²) in [6, 6.07) is 0.791. The second-order valence-electron chi connectivity index (χ2n) is 3.35. The van der Waals surface area contributed by atoms with Gasteiger partial charge >= 0.3 is 0 Å². The maximum atomic E-state index is 3.41. The van der Waals surface area contributed by atoms with E-state index in [0.717, 1.165) is 6.04 Å². The minimum absolute atomic E-state index is 0.791. The molecule has 0 amide bonds. The Hall–Kier alpha value is -0.120. The van der Waals surface area contributed by atoms with Crippen molar-refractivity contribution in [1.29, 1.82) is 0 Å². The first-order valence-corrected chi connectivity index (χ1v) is 3.99. The summed E-state index contributed by atoms with van der Waals surface area (Å²) in [6.07, 6.45) is 0. The Labute approximate surface area is 62.0 Å². The number of fused-ring (bicyclic) bond motifs is 1. The second kappa shape index (κ2) is 2.49. The van der Waals surface area contributed by atoms with E-state index >= 15 is 0 Å². The van der Waals surface area contributed by atoms with Crippen molar-refractivity contribution in [1.82, 2.24) is 15.1 Å². The molecule has 2 rings (SSSR count). The van der Waals surface area contributed by atoms with Crippen molar-refractivity contribution in [2.45, 2.75) is 6.04 Å². The Morgan fingerprint density at radius 2 is 2.40 bits per heavy atom. The van der Waals surface area contributed by atoms with Gasteiger partial charge in [0.05, 0.1) is 6.67 Å². The van der Waals surface area contributed by atoms with Gasteiger partial charge in [0.15, 0.2) is 0 Å². The van der Waals surface area contributed by atoms with E-state index in [4.69, 9.17) is 0 Å². The molecule has 0 aromatic heterocycles. The van der Waals surface area contributed by atoms with Gasteiger partial charge in [-0.15, -0.1) is 0 Å². The second-order valence-corrected chi connectivity index (χ2v) is 3.35. The van der Waals surface area contributed by atoms with Crippen molar-refractivity contribution in [3.05, 3.63) is 0 Å². The van der Waals surface area contributed by atoms with Crippen LogP contribution in [0.2, 0.25) is 0 Å². The molecular formula is C7H15N3. The highest BCUT2D eigenvalue weighted by molar-refractivity contribution is 4.86. The molecule has 0 radical (unpaired) electrons. The van der Waals surface area contributed by atoms with Gasteiger partial charge in [-0.25, -0.2) is 0 Å². The molecule has 0 aromatic carbocycles. The maximum absolute atomic E-state index is 3.41. The van der Waals surface area contributed by atoms with Gasteiger partial charge in [-0.3, -0.25) is 9.80 Å². The van der Waals surface area contributed by atoms with Crippen LogP contribution in [-0.4, -0.2) is 55.7 Å².